The van der Waals surface area contributed by atoms with E-state index in [9.17, 15) is 0 Å². The summed E-state index contributed by atoms with van der Waals surface area (Å²) in [6, 6.07) is 17.9. The second kappa shape index (κ2) is 8.82. The highest BCUT2D eigenvalue weighted by Gasteiger charge is 2.08. The van der Waals surface area contributed by atoms with Gasteiger partial charge in [0.05, 0.1) is 12.2 Å². The van der Waals surface area contributed by atoms with Crippen LogP contribution in [0.5, 0.6) is 0 Å². The van der Waals surface area contributed by atoms with Gasteiger partial charge in [0, 0.05) is 22.8 Å². The average molecular weight is 361 g/mol. The summed E-state index contributed by atoms with van der Waals surface area (Å²) in [5, 5.41) is 15.9. The number of hydrogen-bond acceptors (Lipinski definition) is 4. The first-order chi connectivity index (χ1) is 11.8. The molecule has 24 heavy (non-hydrogen) atoms. The first kappa shape index (κ1) is 17.0. The molecule has 5 nitrogen and oxygen atoms in total. The zero-order valence-corrected chi connectivity index (χ0v) is 14.7. The predicted molar refractivity (Wildman–Crippen MR) is 96.4 cm³/mol. The van der Waals surface area contributed by atoms with Gasteiger partial charge in [-0.25, -0.2) is 0 Å². The van der Waals surface area contributed by atoms with Crippen molar-refractivity contribution in [2.45, 2.75) is 18.1 Å². The molecule has 0 bridgehead atoms. The number of halogens is 1. The first-order valence-corrected chi connectivity index (χ1v) is 9.22. The number of nitrogens with two attached hydrogens (primary N) is 1. The molecular weight excluding hydrogens is 342 g/mol. The highest BCUT2D eigenvalue weighted by atomic mass is 35.5. The maximum absolute atomic E-state index is 6.16. The lowest BCUT2D eigenvalue weighted by Crippen LogP contribution is -2.82. The van der Waals surface area contributed by atoms with Crippen LogP contribution in [0.4, 0.5) is 0 Å². The van der Waals surface area contributed by atoms with Crippen molar-refractivity contribution in [1.82, 2.24) is 20.2 Å². The number of aromatic nitrogens is 4. The minimum atomic E-state index is 0.826. The number of thioether (sulfide) groups is 1. The molecule has 0 spiro atoms. The Bertz CT molecular complexity index is 762. The van der Waals surface area contributed by atoms with Gasteiger partial charge in [-0.3, -0.25) is 0 Å². The lowest BCUT2D eigenvalue weighted by molar-refractivity contribution is -0.670. The molecule has 0 saturated carbocycles. The normalized spacial score (nSPS) is 10.9. The first-order valence-electron chi connectivity index (χ1n) is 7.86. The molecule has 1 heterocycles. The van der Waals surface area contributed by atoms with Crippen LogP contribution in [0.15, 0.2) is 59.8 Å². The van der Waals surface area contributed by atoms with Gasteiger partial charge in [-0.2, -0.15) is 4.68 Å². The minimum Gasteiger partial charge on any atom is -0.342 e. The Morgan fingerprint density at radius 3 is 2.67 bits per heavy atom. The van der Waals surface area contributed by atoms with Crippen LogP contribution < -0.4 is 5.32 Å². The fourth-order valence-corrected chi connectivity index (χ4v) is 3.38. The van der Waals surface area contributed by atoms with E-state index in [1.165, 1.54) is 5.56 Å². The van der Waals surface area contributed by atoms with Crippen LogP contribution in [-0.4, -0.2) is 32.5 Å². The molecule has 3 rings (SSSR count). The van der Waals surface area contributed by atoms with Gasteiger partial charge in [0.15, 0.2) is 0 Å². The van der Waals surface area contributed by atoms with Crippen LogP contribution in [0.2, 0.25) is 5.02 Å². The van der Waals surface area contributed by atoms with E-state index >= 15 is 0 Å². The van der Waals surface area contributed by atoms with E-state index in [0.717, 1.165) is 41.1 Å². The summed E-state index contributed by atoms with van der Waals surface area (Å²) in [4.78, 5) is 0. The van der Waals surface area contributed by atoms with Gasteiger partial charge in [0.25, 0.3) is 0 Å². The molecule has 2 N–H and O–H groups in total. The minimum absolute atomic E-state index is 0.826. The molecule has 124 valence electrons. The van der Waals surface area contributed by atoms with Crippen molar-refractivity contribution < 1.29 is 5.32 Å². The second-order valence-electron chi connectivity index (χ2n) is 5.28. The van der Waals surface area contributed by atoms with Crippen molar-refractivity contribution >= 4 is 23.4 Å². The molecule has 0 radical (unpaired) electrons. The molecule has 3 aromatic rings. The molecule has 0 atom stereocenters. The van der Waals surface area contributed by atoms with Crippen molar-refractivity contribution in [3.63, 3.8) is 0 Å². The molecule has 0 aliphatic rings. The summed E-state index contributed by atoms with van der Waals surface area (Å²) in [5.41, 5.74) is 2.16. The van der Waals surface area contributed by atoms with E-state index in [-0.39, 0.29) is 0 Å². The molecule has 0 aliphatic heterocycles. The summed E-state index contributed by atoms with van der Waals surface area (Å²) in [6.45, 7) is 1.96. The average Bonchev–Trinajstić information content (AvgIpc) is 3.09. The maximum atomic E-state index is 6.16. The molecule has 0 amide bonds. The van der Waals surface area contributed by atoms with Crippen molar-refractivity contribution in [1.29, 1.82) is 0 Å². The molecule has 0 saturated heterocycles. The van der Waals surface area contributed by atoms with Gasteiger partial charge < -0.3 is 5.32 Å². The lowest BCUT2D eigenvalue weighted by atomic mass is 10.2. The Balaban J connectivity index is 1.42. The summed E-state index contributed by atoms with van der Waals surface area (Å²) in [6.07, 6.45) is 1.08. The number of quaternary nitrogens is 1. The van der Waals surface area contributed by atoms with Crippen molar-refractivity contribution in [2.75, 3.05) is 12.3 Å². The van der Waals surface area contributed by atoms with E-state index in [1.807, 2.05) is 48.5 Å². The van der Waals surface area contributed by atoms with E-state index in [0.29, 0.717) is 0 Å². The number of rotatable bonds is 8. The van der Waals surface area contributed by atoms with E-state index in [1.54, 1.807) is 16.4 Å². The number of benzene rings is 2. The molecule has 2 aromatic carbocycles. The van der Waals surface area contributed by atoms with Gasteiger partial charge >= 0.3 is 0 Å². The Morgan fingerprint density at radius 1 is 1.04 bits per heavy atom. The quantitative estimate of drug-likeness (QED) is 0.495. The SMILES string of the molecule is Clc1ccccc1C[NH2+]CCCSc1nnnn1-c1ccccc1. The Kier molecular flexibility index (Phi) is 6.23. The topological polar surface area (TPSA) is 60.2 Å². The molecule has 0 aliphatic carbocycles. The fourth-order valence-electron chi connectivity index (χ4n) is 2.31. The number of tetrazole rings is 1. The van der Waals surface area contributed by atoms with Gasteiger partial charge in [0.1, 0.15) is 6.54 Å². The fraction of sp³-hybridized carbons (Fsp3) is 0.235. The monoisotopic (exact) mass is 360 g/mol. The largest absolute Gasteiger partial charge is 0.342 e. The van der Waals surface area contributed by atoms with Crippen LogP contribution in [-0.2, 0) is 6.54 Å². The highest BCUT2D eigenvalue weighted by molar-refractivity contribution is 7.99. The van der Waals surface area contributed by atoms with Gasteiger partial charge in [-0.1, -0.05) is 59.8 Å². The summed E-state index contributed by atoms with van der Waals surface area (Å²) >= 11 is 7.84. The molecule has 1 aromatic heterocycles. The van der Waals surface area contributed by atoms with Crippen molar-refractivity contribution in [3.05, 3.63) is 65.2 Å². The van der Waals surface area contributed by atoms with Gasteiger partial charge in [-0.05, 0) is 28.6 Å². The molecule has 0 unspecified atom stereocenters. The third kappa shape index (κ3) is 4.56. The van der Waals surface area contributed by atoms with Crippen LogP contribution >= 0.6 is 23.4 Å². The second-order valence-corrected chi connectivity index (χ2v) is 6.75. The van der Waals surface area contributed by atoms with Gasteiger partial charge in [0.2, 0.25) is 5.16 Å². The van der Waals surface area contributed by atoms with Crippen molar-refractivity contribution in [2.24, 2.45) is 0 Å². The van der Waals surface area contributed by atoms with E-state index in [2.05, 4.69) is 26.9 Å². The van der Waals surface area contributed by atoms with Crippen LogP contribution in [0.3, 0.4) is 0 Å². The van der Waals surface area contributed by atoms with E-state index < -0.39 is 0 Å². The van der Waals surface area contributed by atoms with Gasteiger partial charge in [-0.15, -0.1) is 5.10 Å². The third-order valence-corrected chi connectivity index (χ3v) is 4.92. The molecule has 0 fully saturated rings. The zero-order chi connectivity index (χ0) is 16.6. The zero-order valence-electron chi connectivity index (χ0n) is 13.2. The number of nitrogens with zero attached hydrogens (tertiary/aromatic N) is 4. The van der Waals surface area contributed by atoms with Crippen LogP contribution in [0.1, 0.15) is 12.0 Å². The highest BCUT2D eigenvalue weighted by Crippen LogP contribution is 2.18. The number of para-hydroxylation sites is 1. The van der Waals surface area contributed by atoms with Crippen LogP contribution in [0, 0.1) is 0 Å². The van der Waals surface area contributed by atoms with Crippen molar-refractivity contribution in [3.8, 4) is 5.69 Å². The Morgan fingerprint density at radius 2 is 1.83 bits per heavy atom. The lowest BCUT2D eigenvalue weighted by Gasteiger charge is -2.05. The molecular formula is C17H19ClN5S+. The Hall–Kier alpha value is -1.89. The smallest absolute Gasteiger partial charge is 0.214 e. The molecule has 7 heteroatoms. The summed E-state index contributed by atoms with van der Waals surface area (Å²) < 4.78 is 1.78. The standard InChI is InChI=1S/C17H18ClN5S/c18-16-10-5-4-7-14(16)13-19-11-6-12-24-17-20-21-22-23(17)15-8-2-1-3-9-15/h1-5,7-10,19H,6,11-13H2/p+1. The summed E-state index contributed by atoms with van der Waals surface area (Å²) in [5.74, 6) is 0.978. The van der Waals surface area contributed by atoms with E-state index in [4.69, 9.17) is 11.6 Å². The van der Waals surface area contributed by atoms with Crippen LogP contribution in [0.25, 0.3) is 5.69 Å². The number of hydrogen-bond donors (Lipinski definition) is 1. The third-order valence-electron chi connectivity index (χ3n) is 3.55. The Labute approximate surface area is 150 Å². The predicted octanol–water partition coefficient (Wildman–Crippen LogP) is 2.56. The maximum Gasteiger partial charge on any atom is 0.214 e. The summed E-state index contributed by atoms with van der Waals surface area (Å²) in [7, 11) is 0.